The number of carbonyl (C=O) groups excluding carboxylic acids is 3. The lowest BCUT2D eigenvalue weighted by atomic mass is 10.00. The van der Waals surface area contributed by atoms with E-state index in [1.54, 1.807) is 0 Å². The number of amides is 3. The topological polar surface area (TPSA) is 128 Å². The van der Waals surface area contributed by atoms with Gasteiger partial charge in [-0.3, -0.25) is 14.4 Å². The molecule has 9 heteroatoms. The second-order valence-electron chi connectivity index (χ2n) is 9.62. The molecule has 4 N–H and O–H groups in total. The highest BCUT2D eigenvalue weighted by Gasteiger charge is 2.38. The molecule has 9 nitrogen and oxygen atoms in total. The Bertz CT molecular complexity index is 869. The van der Waals surface area contributed by atoms with Crippen LogP contribution in [0, 0.1) is 5.92 Å². The van der Waals surface area contributed by atoms with E-state index in [9.17, 15) is 24.3 Å². The molecule has 186 valence electrons. The molecule has 2 aliphatic heterocycles. The Hall–Kier alpha value is -2.94. The molecule has 2 saturated heterocycles. The molecule has 2 fully saturated rings. The zero-order valence-corrected chi connectivity index (χ0v) is 20.0. The van der Waals surface area contributed by atoms with Crippen LogP contribution in [0.3, 0.4) is 0 Å². The minimum Gasteiger partial charge on any atom is -0.480 e. The van der Waals surface area contributed by atoms with Gasteiger partial charge in [0.1, 0.15) is 18.1 Å². The summed E-state index contributed by atoms with van der Waals surface area (Å²) >= 11 is 0. The quantitative estimate of drug-likeness (QED) is 0.403. The number of carboxylic acids is 1. The Morgan fingerprint density at radius 2 is 1.79 bits per heavy atom. The fraction of sp³-hybridized carbons (Fsp3) is 0.600. The molecule has 1 aromatic rings. The third-order valence-corrected chi connectivity index (χ3v) is 6.44. The van der Waals surface area contributed by atoms with Crippen molar-refractivity contribution < 1.29 is 24.3 Å². The monoisotopic (exact) mass is 472 g/mol. The summed E-state index contributed by atoms with van der Waals surface area (Å²) in [5.41, 5.74) is 0.888. The summed E-state index contributed by atoms with van der Waals surface area (Å²) in [6.07, 6.45) is 3.31. The van der Waals surface area contributed by atoms with Crippen LogP contribution < -0.4 is 16.0 Å². The highest BCUT2D eigenvalue weighted by Crippen LogP contribution is 2.20. The first kappa shape index (κ1) is 25.7. The van der Waals surface area contributed by atoms with Gasteiger partial charge in [-0.25, -0.2) is 4.79 Å². The standard InChI is InChI=1S/C25H36N4O5/c1-16(2)14-20(24(32)29-13-7-11-21(29)25(33)34)28-23(31)19(15-17-8-4-3-5-9-17)27-22(30)18-10-6-12-26-18/h3-5,8-9,16,18-21,26H,6-7,10-15H2,1-2H3,(H,27,30)(H,28,31)(H,33,34). The number of nitrogens with zero attached hydrogens (tertiary/aromatic N) is 1. The molecular formula is C25H36N4O5. The molecule has 0 aromatic heterocycles. The molecule has 34 heavy (non-hydrogen) atoms. The summed E-state index contributed by atoms with van der Waals surface area (Å²) in [5, 5.41) is 18.4. The second kappa shape index (κ2) is 12.0. The molecule has 0 spiro atoms. The molecule has 4 atom stereocenters. The normalized spacial score (nSPS) is 21.8. The maximum absolute atomic E-state index is 13.4. The summed E-state index contributed by atoms with van der Waals surface area (Å²) < 4.78 is 0. The zero-order chi connectivity index (χ0) is 24.7. The molecule has 3 amide bonds. The summed E-state index contributed by atoms with van der Waals surface area (Å²) in [4.78, 5) is 52.4. The Labute approximate surface area is 200 Å². The lowest BCUT2D eigenvalue weighted by Crippen LogP contribution is -2.57. The van der Waals surface area contributed by atoms with Crippen LogP contribution in [0.1, 0.15) is 51.5 Å². The Morgan fingerprint density at radius 1 is 1.06 bits per heavy atom. The first-order chi connectivity index (χ1) is 16.3. The second-order valence-corrected chi connectivity index (χ2v) is 9.62. The van der Waals surface area contributed by atoms with Gasteiger partial charge in [0, 0.05) is 13.0 Å². The van der Waals surface area contributed by atoms with Crippen LogP contribution >= 0.6 is 0 Å². The summed E-state index contributed by atoms with van der Waals surface area (Å²) in [6, 6.07) is 6.49. The number of nitrogens with one attached hydrogen (secondary N) is 3. The average Bonchev–Trinajstić information content (AvgIpc) is 3.50. The Kier molecular flexibility index (Phi) is 9.04. The number of hydrogen-bond acceptors (Lipinski definition) is 5. The number of carbonyl (C=O) groups is 4. The summed E-state index contributed by atoms with van der Waals surface area (Å²) in [5.74, 6) is -1.98. The van der Waals surface area contributed by atoms with Gasteiger partial charge in [0.15, 0.2) is 0 Å². The van der Waals surface area contributed by atoms with Crippen molar-refractivity contribution in [2.75, 3.05) is 13.1 Å². The smallest absolute Gasteiger partial charge is 0.326 e. The van der Waals surface area contributed by atoms with Gasteiger partial charge in [0.05, 0.1) is 6.04 Å². The molecule has 4 unspecified atom stereocenters. The number of likely N-dealkylation sites (tertiary alicyclic amines) is 1. The van der Waals surface area contributed by atoms with Gasteiger partial charge in [0.25, 0.3) is 0 Å². The van der Waals surface area contributed by atoms with Crippen molar-refractivity contribution in [1.82, 2.24) is 20.9 Å². The molecule has 0 bridgehead atoms. The van der Waals surface area contributed by atoms with E-state index in [0.717, 1.165) is 18.5 Å². The number of aliphatic carboxylic acids is 1. The van der Waals surface area contributed by atoms with Crippen molar-refractivity contribution in [3.05, 3.63) is 35.9 Å². The average molecular weight is 473 g/mol. The molecule has 0 aliphatic carbocycles. The molecule has 2 aliphatic rings. The lowest BCUT2D eigenvalue weighted by molar-refractivity contribution is -0.149. The summed E-state index contributed by atoms with van der Waals surface area (Å²) in [6.45, 7) is 5.01. The fourth-order valence-corrected chi connectivity index (χ4v) is 4.69. The predicted molar refractivity (Wildman–Crippen MR) is 127 cm³/mol. The van der Waals surface area contributed by atoms with E-state index >= 15 is 0 Å². The van der Waals surface area contributed by atoms with Gasteiger partial charge in [-0.1, -0.05) is 44.2 Å². The third-order valence-electron chi connectivity index (χ3n) is 6.44. The molecule has 2 heterocycles. The largest absolute Gasteiger partial charge is 0.480 e. The third kappa shape index (κ3) is 6.79. The van der Waals surface area contributed by atoms with Crippen LogP contribution in [0.4, 0.5) is 0 Å². The van der Waals surface area contributed by atoms with Gasteiger partial charge in [-0.05, 0) is 50.1 Å². The minimum absolute atomic E-state index is 0.102. The van der Waals surface area contributed by atoms with Crippen molar-refractivity contribution in [2.45, 2.75) is 76.5 Å². The summed E-state index contributed by atoms with van der Waals surface area (Å²) in [7, 11) is 0. The van der Waals surface area contributed by atoms with Gasteiger partial charge < -0.3 is 26.0 Å². The first-order valence-corrected chi connectivity index (χ1v) is 12.2. The van der Waals surface area contributed by atoms with E-state index < -0.39 is 30.0 Å². The molecule has 3 rings (SSSR count). The van der Waals surface area contributed by atoms with Crippen molar-refractivity contribution >= 4 is 23.7 Å². The molecular weight excluding hydrogens is 436 g/mol. The van der Waals surface area contributed by atoms with Crippen molar-refractivity contribution in [3.63, 3.8) is 0 Å². The van der Waals surface area contributed by atoms with Crippen molar-refractivity contribution in [2.24, 2.45) is 5.92 Å². The first-order valence-electron chi connectivity index (χ1n) is 12.2. The van der Waals surface area contributed by atoms with Crippen LogP contribution in [0.15, 0.2) is 30.3 Å². The minimum atomic E-state index is -1.03. The SMILES string of the molecule is CC(C)CC(NC(=O)C(Cc1ccccc1)NC(=O)C1CCCN1)C(=O)N1CCCC1C(=O)O. The molecule has 0 radical (unpaired) electrons. The fourth-order valence-electron chi connectivity index (χ4n) is 4.69. The highest BCUT2D eigenvalue weighted by atomic mass is 16.4. The van der Waals surface area contributed by atoms with Crippen molar-refractivity contribution in [1.29, 1.82) is 0 Å². The predicted octanol–water partition coefficient (Wildman–Crippen LogP) is 1.07. The van der Waals surface area contributed by atoms with Gasteiger partial charge in [-0.2, -0.15) is 0 Å². The number of rotatable bonds is 10. The van der Waals surface area contributed by atoms with Crippen LogP contribution in [-0.2, 0) is 25.6 Å². The molecule has 1 aromatic carbocycles. The number of benzene rings is 1. The van der Waals surface area contributed by atoms with E-state index in [2.05, 4.69) is 16.0 Å². The van der Waals surface area contributed by atoms with Gasteiger partial charge >= 0.3 is 5.97 Å². The highest BCUT2D eigenvalue weighted by molar-refractivity contribution is 5.94. The van der Waals surface area contributed by atoms with E-state index in [1.807, 2.05) is 44.2 Å². The van der Waals surface area contributed by atoms with Crippen LogP contribution in [0.5, 0.6) is 0 Å². The Morgan fingerprint density at radius 3 is 2.41 bits per heavy atom. The van der Waals surface area contributed by atoms with Crippen LogP contribution in [-0.4, -0.2) is 71.0 Å². The zero-order valence-electron chi connectivity index (χ0n) is 20.0. The number of carboxylic acid groups (broad SMARTS) is 1. The van der Waals surface area contributed by atoms with Gasteiger partial charge in [-0.15, -0.1) is 0 Å². The maximum atomic E-state index is 13.4. The van der Waals surface area contributed by atoms with Gasteiger partial charge in [0.2, 0.25) is 17.7 Å². The van der Waals surface area contributed by atoms with Crippen molar-refractivity contribution in [3.8, 4) is 0 Å². The van der Waals surface area contributed by atoms with E-state index in [1.165, 1.54) is 4.90 Å². The molecule has 0 saturated carbocycles. The van der Waals surface area contributed by atoms with E-state index in [4.69, 9.17) is 0 Å². The van der Waals surface area contributed by atoms with Crippen LogP contribution in [0.25, 0.3) is 0 Å². The maximum Gasteiger partial charge on any atom is 0.326 e. The van der Waals surface area contributed by atoms with E-state index in [0.29, 0.717) is 32.2 Å². The number of hydrogen-bond donors (Lipinski definition) is 4. The lowest BCUT2D eigenvalue weighted by Gasteiger charge is -2.30. The van der Waals surface area contributed by atoms with Crippen LogP contribution in [0.2, 0.25) is 0 Å². The van der Waals surface area contributed by atoms with E-state index in [-0.39, 0.29) is 30.2 Å². The Balaban J connectivity index is 1.76.